The number of carbonyl (C=O) groups excluding carboxylic acids is 2. The maximum atomic E-state index is 13.3. The van der Waals surface area contributed by atoms with E-state index in [1.807, 2.05) is 48.5 Å². The highest BCUT2D eigenvalue weighted by molar-refractivity contribution is 5.93. The molecule has 3 aliphatic rings. The van der Waals surface area contributed by atoms with E-state index in [-0.39, 0.29) is 37.5 Å². The molecule has 3 heterocycles. The molecule has 0 aromatic heterocycles. The van der Waals surface area contributed by atoms with E-state index >= 15 is 0 Å². The van der Waals surface area contributed by atoms with Gasteiger partial charge in [0.2, 0.25) is 5.91 Å². The van der Waals surface area contributed by atoms with Crippen LogP contribution in [0.15, 0.2) is 48.5 Å². The molecule has 36 heavy (non-hydrogen) atoms. The number of β-lactam (4-membered cyclic amide) rings is 1. The lowest BCUT2D eigenvalue weighted by atomic mass is 9.93. The number of fused-ring (bicyclic) bond motifs is 1. The first-order chi connectivity index (χ1) is 17.6. The molecule has 192 valence electrons. The number of hydrogen-bond acceptors (Lipinski definition) is 7. The van der Waals surface area contributed by atoms with E-state index in [1.54, 1.807) is 19.1 Å². The van der Waals surface area contributed by atoms with Crippen LogP contribution in [0.5, 0.6) is 11.5 Å². The molecule has 2 aromatic carbocycles. The molecule has 0 aliphatic carbocycles. The Morgan fingerprint density at radius 3 is 2.56 bits per heavy atom. The quantitative estimate of drug-likeness (QED) is 0.518. The molecule has 0 N–H and O–H groups in total. The van der Waals surface area contributed by atoms with Crippen LogP contribution in [0.4, 0.5) is 4.79 Å². The first-order valence-electron chi connectivity index (χ1n) is 12.3. The molecule has 0 bridgehead atoms. The molecule has 3 saturated heterocycles. The Hall–Kier alpha value is -3.30. The second kappa shape index (κ2) is 10.8. The molecule has 9 heteroatoms. The lowest BCUT2D eigenvalue weighted by molar-refractivity contribution is -0.202. The summed E-state index contributed by atoms with van der Waals surface area (Å²) in [7, 11) is 3.16. The van der Waals surface area contributed by atoms with Gasteiger partial charge in [0.05, 0.1) is 26.8 Å². The van der Waals surface area contributed by atoms with Gasteiger partial charge in [0.15, 0.2) is 17.8 Å². The number of amides is 2. The van der Waals surface area contributed by atoms with Crippen LogP contribution in [0.2, 0.25) is 0 Å². The lowest BCUT2D eigenvalue weighted by Crippen LogP contribution is -2.68. The third-order valence-corrected chi connectivity index (χ3v) is 7.02. The minimum absolute atomic E-state index is 0.123. The van der Waals surface area contributed by atoms with Crippen molar-refractivity contribution in [2.24, 2.45) is 0 Å². The van der Waals surface area contributed by atoms with Crippen molar-refractivity contribution in [2.75, 3.05) is 27.4 Å². The van der Waals surface area contributed by atoms with Crippen LogP contribution in [-0.2, 0) is 32.2 Å². The zero-order valence-corrected chi connectivity index (χ0v) is 20.6. The van der Waals surface area contributed by atoms with Gasteiger partial charge < -0.3 is 28.6 Å². The van der Waals surface area contributed by atoms with Crippen molar-refractivity contribution in [3.63, 3.8) is 0 Å². The third kappa shape index (κ3) is 4.85. The number of carbonyl (C=O) groups is 2. The molecule has 0 spiro atoms. The molecular formula is C27H32N2O7. The van der Waals surface area contributed by atoms with Crippen molar-refractivity contribution < 1.29 is 33.3 Å². The average Bonchev–Trinajstić information content (AvgIpc) is 3.26. The van der Waals surface area contributed by atoms with E-state index in [0.717, 1.165) is 30.4 Å². The largest absolute Gasteiger partial charge is 0.493 e. The number of benzene rings is 2. The van der Waals surface area contributed by atoms with E-state index in [2.05, 4.69) is 0 Å². The molecule has 9 nitrogen and oxygen atoms in total. The van der Waals surface area contributed by atoms with Crippen molar-refractivity contribution in [1.29, 1.82) is 0 Å². The van der Waals surface area contributed by atoms with Crippen molar-refractivity contribution >= 4 is 12.0 Å². The van der Waals surface area contributed by atoms with Crippen molar-refractivity contribution in [1.82, 2.24) is 9.80 Å². The van der Waals surface area contributed by atoms with Crippen molar-refractivity contribution in [3.05, 3.63) is 59.7 Å². The van der Waals surface area contributed by atoms with Crippen LogP contribution in [0.3, 0.4) is 0 Å². The van der Waals surface area contributed by atoms with E-state index in [9.17, 15) is 9.59 Å². The van der Waals surface area contributed by atoms with Crippen molar-refractivity contribution in [2.45, 2.75) is 56.9 Å². The maximum Gasteiger partial charge on any atom is 0.410 e. The van der Waals surface area contributed by atoms with Crippen molar-refractivity contribution in [3.8, 4) is 11.5 Å². The van der Waals surface area contributed by atoms with Crippen LogP contribution in [0, 0.1) is 0 Å². The van der Waals surface area contributed by atoms with Gasteiger partial charge in [0.1, 0.15) is 18.8 Å². The molecule has 3 aliphatic heterocycles. The highest BCUT2D eigenvalue weighted by atomic mass is 16.7. The lowest BCUT2D eigenvalue weighted by Gasteiger charge is -2.46. The average molecular weight is 497 g/mol. The topological polar surface area (TPSA) is 86.8 Å². The molecule has 5 rings (SSSR count). The van der Waals surface area contributed by atoms with E-state index in [0.29, 0.717) is 24.7 Å². The maximum absolute atomic E-state index is 13.3. The third-order valence-electron chi connectivity index (χ3n) is 7.02. The monoisotopic (exact) mass is 496 g/mol. The van der Waals surface area contributed by atoms with E-state index < -0.39 is 12.1 Å². The number of rotatable bonds is 8. The minimum Gasteiger partial charge on any atom is -0.493 e. The van der Waals surface area contributed by atoms with Gasteiger partial charge in [-0.2, -0.15) is 0 Å². The fourth-order valence-corrected chi connectivity index (χ4v) is 5.17. The number of nitrogens with zero attached hydrogens (tertiary/aromatic N) is 2. The van der Waals surface area contributed by atoms with E-state index in [1.165, 1.54) is 4.90 Å². The second-order valence-corrected chi connectivity index (χ2v) is 9.25. The van der Waals surface area contributed by atoms with Crippen LogP contribution < -0.4 is 9.47 Å². The second-order valence-electron chi connectivity index (χ2n) is 9.25. The Balaban J connectivity index is 1.31. The number of ether oxygens (including phenoxy) is 5. The molecule has 3 fully saturated rings. The summed E-state index contributed by atoms with van der Waals surface area (Å²) in [6, 6.07) is 14.2. The standard InChI is InChI=1S/C27H32N2O7/c1-32-20-12-11-19(14-21(20)33-2)15-28-24-22(36-23-10-6-7-13-34-23)16-29(25(24)26(28)30)27(31)35-17-18-8-4-3-5-9-18/h3-5,8-9,11-12,14,22-25H,6-7,10,13,15-17H2,1-2H3/t22-,23+,24+,25-/m0/s1. The molecule has 0 radical (unpaired) electrons. The molecule has 2 amide bonds. The summed E-state index contributed by atoms with van der Waals surface area (Å²) >= 11 is 0. The predicted octanol–water partition coefficient (Wildman–Crippen LogP) is 3.35. The highest BCUT2D eigenvalue weighted by Gasteiger charge is 2.61. The molecule has 0 saturated carbocycles. The van der Waals surface area contributed by atoms with Crippen LogP contribution in [-0.4, -0.2) is 73.6 Å². The molecule has 2 aromatic rings. The summed E-state index contributed by atoms with van der Waals surface area (Å²) in [4.78, 5) is 29.6. The number of likely N-dealkylation sites (tertiary alicyclic amines) is 2. The number of methoxy groups -OCH3 is 2. The Morgan fingerprint density at radius 2 is 1.83 bits per heavy atom. The van der Waals surface area contributed by atoms with Gasteiger partial charge in [-0.3, -0.25) is 9.69 Å². The van der Waals surface area contributed by atoms with Gasteiger partial charge >= 0.3 is 6.09 Å². The zero-order valence-electron chi connectivity index (χ0n) is 20.6. The fourth-order valence-electron chi connectivity index (χ4n) is 5.17. The SMILES string of the molecule is COc1ccc(CN2C(=O)[C@@H]3[C@H]2[C@@H](O[C@@H]2CCCCO2)CN3C(=O)OCc2ccccc2)cc1OC. The fraction of sp³-hybridized carbons (Fsp3) is 0.481. The Labute approximate surface area is 210 Å². The smallest absolute Gasteiger partial charge is 0.410 e. The summed E-state index contributed by atoms with van der Waals surface area (Å²) in [5.74, 6) is 1.10. The first-order valence-corrected chi connectivity index (χ1v) is 12.3. The van der Waals surface area contributed by atoms with Crippen LogP contribution in [0.25, 0.3) is 0 Å². The van der Waals surface area contributed by atoms with E-state index in [4.69, 9.17) is 23.7 Å². The van der Waals surface area contributed by atoms with Crippen LogP contribution >= 0.6 is 0 Å². The van der Waals surface area contributed by atoms with Gasteiger partial charge in [0.25, 0.3) is 0 Å². The summed E-state index contributed by atoms with van der Waals surface area (Å²) in [6.45, 7) is 1.45. The predicted molar refractivity (Wildman–Crippen MR) is 129 cm³/mol. The van der Waals surface area contributed by atoms with Gasteiger partial charge in [-0.05, 0) is 42.5 Å². The van der Waals surface area contributed by atoms with Gasteiger partial charge in [0, 0.05) is 13.2 Å². The number of hydrogen-bond donors (Lipinski definition) is 0. The summed E-state index contributed by atoms with van der Waals surface area (Å²) in [5, 5.41) is 0. The first kappa shape index (κ1) is 24.4. The van der Waals surface area contributed by atoms with Crippen LogP contribution in [0.1, 0.15) is 30.4 Å². The molecular weight excluding hydrogens is 464 g/mol. The Morgan fingerprint density at radius 1 is 1.03 bits per heavy atom. The van der Waals surface area contributed by atoms with Gasteiger partial charge in [-0.1, -0.05) is 36.4 Å². The summed E-state index contributed by atoms with van der Waals surface area (Å²) in [6.07, 6.45) is 1.64. The highest BCUT2D eigenvalue weighted by Crippen LogP contribution is 2.39. The zero-order chi connectivity index (χ0) is 25.1. The molecule has 4 atom stereocenters. The Kier molecular flexibility index (Phi) is 7.29. The summed E-state index contributed by atoms with van der Waals surface area (Å²) in [5.41, 5.74) is 1.79. The molecule has 0 unspecified atom stereocenters. The normalized spacial score (nSPS) is 25.2. The minimum atomic E-state index is -0.609. The van der Waals surface area contributed by atoms with Gasteiger partial charge in [-0.15, -0.1) is 0 Å². The Bertz CT molecular complexity index is 1070. The summed E-state index contributed by atoms with van der Waals surface area (Å²) < 4.78 is 28.4. The van der Waals surface area contributed by atoms with Gasteiger partial charge in [-0.25, -0.2) is 4.79 Å².